The number of phenols is 1. The monoisotopic (exact) mass is 509 g/mol. The molecule has 7 nitrogen and oxygen atoms in total. The maximum absolute atomic E-state index is 13.9. The van der Waals surface area contributed by atoms with E-state index in [9.17, 15) is 19.8 Å². The maximum Gasteiger partial charge on any atom is 0.326 e. The predicted octanol–water partition coefficient (Wildman–Crippen LogP) is 5.13. The second-order valence-electron chi connectivity index (χ2n) is 9.07. The topological polar surface area (TPSA) is 96.3 Å². The quantitative estimate of drug-likeness (QED) is 0.342. The zero-order valence-corrected chi connectivity index (χ0v) is 20.6. The van der Waals surface area contributed by atoms with Gasteiger partial charge in [0.2, 0.25) is 6.10 Å². The van der Waals surface area contributed by atoms with E-state index >= 15 is 0 Å². The predicted molar refractivity (Wildman–Crippen MR) is 141 cm³/mol. The standard InChI is InChI=1S/C31H27NO6/c33-27-17-16-23-19-32(26(31(35)36)18-25(23)29(27)37-20-21-10-4-1-5-11-21)30(34)28(22-12-6-2-7-13-22)38-24-14-8-3-9-15-24/h1-17,26,28,33H,18-20H2,(H,35,36). The SMILES string of the molecule is O=C(O)C1Cc2c(ccc(O)c2OCc2ccccc2)CN1C(=O)C(Oc1ccccc1)c1ccccc1. The Morgan fingerprint density at radius 1 is 0.868 bits per heavy atom. The molecule has 4 aromatic rings. The van der Waals surface area contributed by atoms with Crippen LogP contribution in [-0.2, 0) is 29.2 Å². The van der Waals surface area contributed by atoms with Crippen LogP contribution in [0.5, 0.6) is 17.2 Å². The fourth-order valence-corrected chi connectivity index (χ4v) is 4.64. The van der Waals surface area contributed by atoms with Gasteiger partial charge < -0.3 is 24.6 Å². The average Bonchev–Trinajstić information content (AvgIpc) is 2.96. The highest BCUT2D eigenvalue weighted by Gasteiger charge is 2.40. The number of amides is 1. The Morgan fingerprint density at radius 3 is 2.16 bits per heavy atom. The molecule has 2 atom stereocenters. The first-order valence-corrected chi connectivity index (χ1v) is 12.3. The summed E-state index contributed by atoms with van der Waals surface area (Å²) < 4.78 is 12.1. The van der Waals surface area contributed by atoms with E-state index in [0.29, 0.717) is 22.4 Å². The molecule has 1 aliphatic heterocycles. The van der Waals surface area contributed by atoms with Gasteiger partial charge in [0.15, 0.2) is 11.5 Å². The first-order valence-electron chi connectivity index (χ1n) is 12.3. The Morgan fingerprint density at radius 2 is 1.50 bits per heavy atom. The van der Waals surface area contributed by atoms with Gasteiger partial charge in [-0.3, -0.25) is 4.79 Å². The molecule has 0 radical (unpaired) electrons. The van der Waals surface area contributed by atoms with Gasteiger partial charge in [0.05, 0.1) is 0 Å². The summed E-state index contributed by atoms with van der Waals surface area (Å²) in [5.74, 6) is -0.936. The number of hydrogen-bond donors (Lipinski definition) is 2. The molecule has 7 heteroatoms. The molecule has 0 fully saturated rings. The molecule has 38 heavy (non-hydrogen) atoms. The van der Waals surface area contributed by atoms with Crippen LogP contribution in [0.15, 0.2) is 103 Å². The van der Waals surface area contributed by atoms with Gasteiger partial charge in [-0.05, 0) is 29.3 Å². The van der Waals surface area contributed by atoms with Crippen molar-refractivity contribution in [3.8, 4) is 17.2 Å². The third kappa shape index (κ3) is 5.32. The van der Waals surface area contributed by atoms with E-state index in [4.69, 9.17) is 9.47 Å². The normalized spacial score (nSPS) is 15.3. The minimum Gasteiger partial charge on any atom is -0.504 e. The van der Waals surface area contributed by atoms with Crippen molar-refractivity contribution in [2.24, 2.45) is 0 Å². The van der Waals surface area contributed by atoms with Crippen LogP contribution in [0, 0.1) is 0 Å². The molecule has 0 saturated carbocycles. The lowest BCUT2D eigenvalue weighted by Crippen LogP contribution is -2.51. The van der Waals surface area contributed by atoms with E-state index < -0.39 is 24.0 Å². The first kappa shape index (κ1) is 24.9. The van der Waals surface area contributed by atoms with E-state index in [0.717, 1.165) is 5.56 Å². The largest absolute Gasteiger partial charge is 0.504 e. The number of hydrogen-bond acceptors (Lipinski definition) is 5. The van der Waals surface area contributed by atoms with Gasteiger partial charge in [-0.15, -0.1) is 0 Å². The minimum atomic E-state index is -1.17. The lowest BCUT2D eigenvalue weighted by Gasteiger charge is -2.37. The van der Waals surface area contributed by atoms with Crippen molar-refractivity contribution in [3.05, 3.63) is 125 Å². The maximum atomic E-state index is 13.9. The van der Waals surface area contributed by atoms with Crippen molar-refractivity contribution in [2.75, 3.05) is 0 Å². The van der Waals surface area contributed by atoms with Crippen LogP contribution in [-0.4, -0.2) is 33.0 Å². The van der Waals surface area contributed by atoms with Crippen LogP contribution in [0.25, 0.3) is 0 Å². The molecule has 4 aromatic carbocycles. The van der Waals surface area contributed by atoms with Gasteiger partial charge in [-0.25, -0.2) is 4.79 Å². The van der Waals surface area contributed by atoms with Crippen molar-refractivity contribution in [1.29, 1.82) is 0 Å². The van der Waals surface area contributed by atoms with Gasteiger partial charge in [0.1, 0.15) is 18.4 Å². The number of benzene rings is 4. The summed E-state index contributed by atoms with van der Waals surface area (Å²) in [6, 6.07) is 29.5. The van der Waals surface area contributed by atoms with E-state index in [1.165, 1.54) is 11.0 Å². The molecule has 2 N–H and O–H groups in total. The molecule has 0 bridgehead atoms. The number of aromatic hydroxyl groups is 1. The zero-order chi connectivity index (χ0) is 26.5. The number of carboxylic acids is 1. The first-order chi connectivity index (χ1) is 18.5. The van der Waals surface area contributed by atoms with Gasteiger partial charge in [-0.2, -0.15) is 0 Å². The van der Waals surface area contributed by atoms with Crippen molar-refractivity contribution < 1.29 is 29.3 Å². The van der Waals surface area contributed by atoms with Crippen molar-refractivity contribution in [2.45, 2.75) is 31.7 Å². The molecule has 1 heterocycles. The second-order valence-corrected chi connectivity index (χ2v) is 9.07. The molecule has 2 unspecified atom stereocenters. The fourth-order valence-electron chi connectivity index (χ4n) is 4.64. The number of rotatable bonds is 8. The smallest absolute Gasteiger partial charge is 0.326 e. The molecule has 1 amide bonds. The number of carbonyl (C=O) groups excluding carboxylic acids is 1. The molecular weight excluding hydrogens is 482 g/mol. The number of aliphatic carboxylic acids is 1. The molecular formula is C31H27NO6. The Bertz CT molecular complexity index is 1410. The van der Waals surface area contributed by atoms with Crippen LogP contribution in [0.4, 0.5) is 0 Å². The Hall–Kier alpha value is -4.78. The van der Waals surface area contributed by atoms with Crippen LogP contribution in [0.3, 0.4) is 0 Å². The van der Waals surface area contributed by atoms with E-state index in [2.05, 4.69) is 0 Å². The number of para-hydroxylation sites is 1. The summed E-state index contributed by atoms with van der Waals surface area (Å²) in [7, 11) is 0. The van der Waals surface area contributed by atoms with E-state index in [1.54, 1.807) is 30.3 Å². The number of phenolic OH excluding ortho intramolecular Hbond substituents is 1. The van der Waals surface area contributed by atoms with Crippen LogP contribution in [0.2, 0.25) is 0 Å². The van der Waals surface area contributed by atoms with Crippen molar-refractivity contribution in [1.82, 2.24) is 4.90 Å². The number of ether oxygens (including phenoxy) is 2. The third-order valence-corrected chi connectivity index (χ3v) is 6.57. The fraction of sp³-hybridized carbons (Fsp3) is 0.161. The van der Waals surface area contributed by atoms with E-state index in [-0.39, 0.29) is 31.1 Å². The summed E-state index contributed by atoms with van der Waals surface area (Å²) in [5.41, 5.74) is 2.82. The number of carbonyl (C=O) groups is 2. The van der Waals surface area contributed by atoms with Crippen LogP contribution >= 0.6 is 0 Å². The average molecular weight is 510 g/mol. The summed E-state index contributed by atoms with van der Waals surface area (Å²) in [6.07, 6.45) is -1.05. The van der Waals surface area contributed by atoms with Crippen molar-refractivity contribution >= 4 is 11.9 Å². The van der Waals surface area contributed by atoms with Crippen LogP contribution in [0.1, 0.15) is 28.4 Å². The lowest BCUT2D eigenvalue weighted by atomic mass is 9.91. The number of fused-ring (bicyclic) bond motifs is 1. The van der Waals surface area contributed by atoms with Gasteiger partial charge in [-0.1, -0.05) is 84.9 Å². The molecule has 0 saturated heterocycles. The molecule has 0 spiro atoms. The molecule has 192 valence electrons. The minimum absolute atomic E-state index is 0.0121. The van der Waals surface area contributed by atoms with Gasteiger partial charge >= 0.3 is 5.97 Å². The zero-order valence-electron chi connectivity index (χ0n) is 20.6. The summed E-state index contributed by atoms with van der Waals surface area (Å²) in [4.78, 5) is 27.7. The summed E-state index contributed by atoms with van der Waals surface area (Å²) in [5, 5.41) is 20.7. The highest BCUT2D eigenvalue weighted by atomic mass is 16.5. The summed E-state index contributed by atoms with van der Waals surface area (Å²) >= 11 is 0. The molecule has 5 rings (SSSR count). The summed E-state index contributed by atoms with van der Waals surface area (Å²) in [6.45, 7) is 0.251. The van der Waals surface area contributed by atoms with Crippen LogP contribution < -0.4 is 9.47 Å². The molecule has 0 aromatic heterocycles. The Kier molecular flexibility index (Phi) is 7.26. The van der Waals surface area contributed by atoms with Gasteiger partial charge in [0, 0.05) is 24.1 Å². The second kappa shape index (κ2) is 11.1. The molecule has 1 aliphatic rings. The highest BCUT2D eigenvalue weighted by molar-refractivity contribution is 5.88. The van der Waals surface area contributed by atoms with Crippen molar-refractivity contribution in [3.63, 3.8) is 0 Å². The third-order valence-electron chi connectivity index (χ3n) is 6.57. The van der Waals surface area contributed by atoms with E-state index in [1.807, 2.05) is 66.7 Å². The van der Waals surface area contributed by atoms with Gasteiger partial charge in [0.25, 0.3) is 5.91 Å². The number of carboxylic acid groups (broad SMARTS) is 1. The molecule has 0 aliphatic carbocycles. The Labute approximate surface area is 220 Å². The lowest BCUT2D eigenvalue weighted by molar-refractivity contribution is -0.155. The highest BCUT2D eigenvalue weighted by Crippen LogP contribution is 2.39. The Balaban J connectivity index is 1.47. The number of nitrogens with zero attached hydrogens (tertiary/aromatic N) is 1.